The van der Waals surface area contributed by atoms with Crippen molar-refractivity contribution in [2.45, 2.75) is 65.5 Å². The van der Waals surface area contributed by atoms with Gasteiger partial charge in [-0.25, -0.2) is 0 Å². The molecule has 2 amide bonds. The predicted molar refractivity (Wildman–Crippen MR) is 130 cm³/mol. The summed E-state index contributed by atoms with van der Waals surface area (Å²) >= 11 is 0. The molecule has 4 heteroatoms. The topological polar surface area (TPSA) is 58.2 Å². The molecule has 3 aromatic rings. The maximum atomic E-state index is 13.6. The van der Waals surface area contributed by atoms with Gasteiger partial charge in [0.2, 0.25) is 0 Å². The number of hydrogen-bond donors (Lipinski definition) is 2. The Kier molecular flexibility index (Phi) is 6.05. The van der Waals surface area contributed by atoms with Gasteiger partial charge in [-0.05, 0) is 80.8 Å². The standard InChI is InChI=1S/C28H32N2O2/c1-18-16-20(3)24(21(4)17-18)26(31)29-28(14-8-5-9-15-28)30-27(32)25-19(2)12-13-22-10-6-7-11-23(22)25/h6-7,10-13,16-17H,5,8-9,14-15H2,1-4H3,(H,29,31)(H,30,32). The molecule has 0 unspecified atom stereocenters. The van der Waals surface area contributed by atoms with Crippen molar-refractivity contribution in [1.29, 1.82) is 0 Å². The molecule has 0 atom stereocenters. The predicted octanol–water partition coefficient (Wildman–Crippen LogP) is 5.89. The number of hydrogen-bond acceptors (Lipinski definition) is 2. The Morgan fingerprint density at radius 3 is 1.97 bits per heavy atom. The zero-order valence-corrected chi connectivity index (χ0v) is 19.5. The summed E-state index contributed by atoms with van der Waals surface area (Å²) in [6, 6.07) is 16.1. The van der Waals surface area contributed by atoms with E-state index in [1.165, 1.54) is 0 Å². The quantitative estimate of drug-likeness (QED) is 0.509. The lowest BCUT2D eigenvalue weighted by Crippen LogP contribution is -2.61. The number of amides is 2. The van der Waals surface area contributed by atoms with Crippen molar-refractivity contribution in [3.05, 3.63) is 81.9 Å². The molecule has 0 aromatic heterocycles. The summed E-state index contributed by atoms with van der Waals surface area (Å²) in [7, 11) is 0. The second-order valence-corrected chi connectivity index (χ2v) is 9.30. The third-order valence-corrected chi connectivity index (χ3v) is 6.68. The van der Waals surface area contributed by atoms with E-state index in [0.717, 1.165) is 65.1 Å². The van der Waals surface area contributed by atoms with E-state index in [4.69, 9.17) is 0 Å². The van der Waals surface area contributed by atoms with Crippen molar-refractivity contribution in [3.63, 3.8) is 0 Å². The Hall–Kier alpha value is -3.14. The Morgan fingerprint density at radius 1 is 0.719 bits per heavy atom. The van der Waals surface area contributed by atoms with E-state index < -0.39 is 5.66 Å². The third-order valence-electron chi connectivity index (χ3n) is 6.68. The van der Waals surface area contributed by atoms with E-state index >= 15 is 0 Å². The largest absolute Gasteiger partial charge is 0.329 e. The van der Waals surface area contributed by atoms with Crippen LogP contribution >= 0.6 is 0 Å². The molecule has 1 aliphatic rings. The van der Waals surface area contributed by atoms with E-state index in [1.54, 1.807) is 0 Å². The molecule has 0 aliphatic heterocycles. The molecule has 1 saturated carbocycles. The van der Waals surface area contributed by atoms with Crippen molar-refractivity contribution in [3.8, 4) is 0 Å². The lowest BCUT2D eigenvalue weighted by molar-refractivity contribution is 0.0745. The molecule has 32 heavy (non-hydrogen) atoms. The van der Waals surface area contributed by atoms with Crippen LogP contribution in [0.4, 0.5) is 0 Å². The molecule has 1 fully saturated rings. The van der Waals surface area contributed by atoms with Gasteiger partial charge in [-0.1, -0.05) is 60.5 Å². The lowest BCUT2D eigenvalue weighted by atomic mass is 9.87. The monoisotopic (exact) mass is 428 g/mol. The van der Waals surface area contributed by atoms with E-state index in [2.05, 4.69) is 10.6 Å². The highest BCUT2D eigenvalue weighted by atomic mass is 16.2. The van der Waals surface area contributed by atoms with Crippen LogP contribution in [0.5, 0.6) is 0 Å². The van der Waals surface area contributed by atoms with Crippen LogP contribution in [0.25, 0.3) is 10.8 Å². The normalized spacial score (nSPS) is 15.4. The number of carbonyl (C=O) groups is 2. The summed E-state index contributed by atoms with van der Waals surface area (Å²) in [5, 5.41) is 8.48. The fourth-order valence-corrected chi connectivity index (χ4v) is 5.22. The van der Waals surface area contributed by atoms with Gasteiger partial charge in [-0.3, -0.25) is 9.59 Å². The number of rotatable bonds is 4. The molecule has 0 bridgehead atoms. The van der Waals surface area contributed by atoms with E-state index in [9.17, 15) is 9.59 Å². The van der Waals surface area contributed by atoms with Gasteiger partial charge in [-0.15, -0.1) is 0 Å². The molecule has 4 rings (SSSR count). The molecule has 0 spiro atoms. The van der Waals surface area contributed by atoms with Gasteiger partial charge >= 0.3 is 0 Å². The van der Waals surface area contributed by atoms with Gasteiger partial charge in [0.25, 0.3) is 11.8 Å². The number of fused-ring (bicyclic) bond motifs is 1. The van der Waals surface area contributed by atoms with Crippen LogP contribution in [0.3, 0.4) is 0 Å². The highest BCUT2D eigenvalue weighted by Crippen LogP contribution is 2.29. The SMILES string of the molecule is Cc1cc(C)c(C(=O)NC2(NC(=O)c3c(C)ccc4ccccc34)CCCCC2)c(C)c1. The van der Waals surface area contributed by atoms with E-state index in [1.807, 2.05) is 76.2 Å². The van der Waals surface area contributed by atoms with Crippen LogP contribution in [0.15, 0.2) is 48.5 Å². The van der Waals surface area contributed by atoms with Crippen LogP contribution in [-0.4, -0.2) is 17.5 Å². The first-order chi connectivity index (χ1) is 15.3. The highest BCUT2D eigenvalue weighted by Gasteiger charge is 2.36. The van der Waals surface area contributed by atoms with Gasteiger partial charge < -0.3 is 10.6 Å². The highest BCUT2D eigenvalue weighted by molar-refractivity contribution is 6.09. The molecule has 166 valence electrons. The number of benzene rings is 3. The summed E-state index contributed by atoms with van der Waals surface area (Å²) in [4.78, 5) is 27.0. The van der Waals surface area contributed by atoms with E-state index in [-0.39, 0.29) is 11.8 Å². The van der Waals surface area contributed by atoms with Crippen molar-refractivity contribution in [1.82, 2.24) is 10.6 Å². The van der Waals surface area contributed by atoms with Crippen LogP contribution in [-0.2, 0) is 0 Å². The molecule has 2 N–H and O–H groups in total. The Labute approximate surface area is 190 Å². The lowest BCUT2D eigenvalue weighted by Gasteiger charge is -2.39. The fraction of sp³-hybridized carbons (Fsp3) is 0.357. The summed E-state index contributed by atoms with van der Waals surface area (Å²) in [6.45, 7) is 7.95. The fourth-order valence-electron chi connectivity index (χ4n) is 5.22. The minimum Gasteiger partial charge on any atom is -0.329 e. The zero-order valence-electron chi connectivity index (χ0n) is 19.5. The molecule has 0 heterocycles. The molecular formula is C28H32N2O2. The molecule has 0 saturated heterocycles. The Balaban J connectivity index is 1.67. The molecule has 0 radical (unpaired) electrons. The molecular weight excluding hydrogens is 396 g/mol. The number of carbonyl (C=O) groups excluding carboxylic acids is 2. The molecule has 3 aromatic carbocycles. The van der Waals surface area contributed by atoms with Crippen LogP contribution in [0.2, 0.25) is 0 Å². The summed E-state index contributed by atoms with van der Waals surface area (Å²) in [5.41, 5.74) is 4.65. The minimum absolute atomic E-state index is 0.114. The van der Waals surface area contributed by atoms with Crippen molar-refractivity contribution in [2.75, 3.05) is 0 Å². The first kappa shape index (κ1) is 22.1. The summed E-state index contributed by atoms with van der Waals surface area (Å²) in [5.74, 6) is -0.240. The number of nitrogens with one attached hydrogen (secondary N) is 2. The van der Waals surface area contributed by atoms with Gasteiger partial charge in [-0.2, -0.15) is 0 Å². The van der Waals surface area contributed by atoms with Gasteiger partial charge in [0.1, 0.15) is 5.66 Å². The van der Waals surface area contributed by atoms with Crippen LogP contribution in [0, 0.1) is 27.7 Å². The van der Waals surface area contributed by atoms with Crippen molar-refractivity contribution >= 4 is 22.6 Å². The zero-order chi connectivity index (χ0) is 22.9. The minimum atomic E-state index is -0.737. The van der Waals surface area contributed by atoms with Crippen molar-refractivity contribution in [2.24, 2.45) is 0 Å². The van der Waals surface area contributed by atoms with Gasteiger partial charge in [0.05, 0.1) is 5.56 Å². The third kappa shape index (κ3) is 4.27. The first-order valence-corrected chi connectivity index (χ1v) is 11.5. The molecule has 1 aliphatic carbocycles. The van der Waals surface area contributed by atoms with Gasteiger partial charge in [0, 0.05) is 5.56 Å². The second-order valence-electron chi connectivity index (χ2n) is 9.30. The molecule has 4 nitrogen and oxygen atoms in total. The number of aryl methyl sites for hydroxylation is 4. The summed E-state index contributed by atoms with van der Waals surface area (Å²) in [6.07, 6.45) is 4.53. The Morgan fingerprint density at radius 2 is 1.31 bits per heavy atom. The summed E-state index contributed by atoms with van der Waals surface area (Å²) < 4.78 is 0. The van der Waals surface area contributed by atoms with Crippen molar-refractivity contribution < 1.29 is 9.59 Å². The second kappa shape index (κ2) is 8.78. The maximum absolute atomic E-state index is 13.6. The maximum Gasteiger partial charge on any atom is 0.253 e. The first-order valence-electron chi connectivity index (χ1n) is 11.5. The van der Waals surface area contributed by atoms with Crippen LogP contribution < -0.4 is 10.6 Å². The van der Waals surface area contributed by atoms with Crippen LogP contribution in [0.1, 0.15) is 75.1 Å². The average Bonchev–Trinajstić information content (AvgIpc) is 2.73. The van der Waals surface area contributed by atoms with E-state index in [0.29, 0.717) is 11.1 Å². The smallest absolute Gasteiger partial charge is 0.253 e. The Bertz CT molecular complexity index is 1170. The average molecular weight is 429 g/mol. The van der Waals surface area contributed by atoms with Gasteiger partial charge in [0.15, 0.2) is 0 Å².